The Hall–Kier alpha value is -4.63. The number of aromatic nitrogens is 4. The van der Waals surface area contributed by atoms with Gasteiger partial charge in [0.2, 0.25) is 5.91 Å². The molecule has 1 saturated heterocycles. The Labute approximate surface area is 280 Å². The molecule has 2 saturated carbocycles. The fraction of sp³-hybridized carbons (Fsp3) is 0.528. The number of nitriles is 1. The van der Waals surface area contributed by atoms with E-state index in [0.29, 0.717) is 42.1 Å². The first-order valence-corrected chi connectivity index (χ1v) is 17.0. The van der Waals surface area contributed by atoms with Gasteiger partial charge in [-0.1, -0.05) is 30.2 Å². The van der Waals surface area contributed by atoms with E-state index < -0.39 is 11.0 Å². The first kappa shape index (κ1) is 31.9. The Balaban J connectivity index is 1.36. The van der Waals surface area contributed by atoms with E-state index in [1.807, 2.05) is 41.3 Å². The molecule has 7 rings (SSSR count). The number of nitrogens with zero attached hydrogens (tertiary/aromatic N) is 7. The molecule has 1 unspecified atom stereocenters. The number of aryl methyl sites for hydroxylation is 2. The summed E-state index contributed by atoms with van der Waals surface area (Å²) < 4.78 is 0. The molecule has 2 aromatic carbocycles. The minimum absolute atomic E-state index is 0.0215. The summed E-state index contributed by atoms with van der Waals surface area (Å²) in [5.41, 5.74) is 3.87. The molecule has 12 heteroatoms. The molecule has 0 spiro atoms. The van der Waals surface area contributed by atoms with Gasteiger partial charge in [0.15, 0.2) is 5.82 Å². The number of carbonyl (C=O) groups excluding carboxylic acids is 3. The molecule has 3 aliphatic carbocycles. The summed E-state index contributed by atoms with van der Waals surface area (Å²) >= 11 is 0. The number of fused-ring (bicyclic) bond motifs is 3. The molecule has 3 atom stereocenters. The van der Waals surface area contributed by atoms with Crippen LogP contribution in [0, 0.1) is 17.2 Å². The standard InChI is InChI=1S/C36H43N9O3/c1-43(2)32(47)24-9-11-28-22(15-24)7-8-23-16-25(33(48)44(3)4)10-12-29(23)36(28,34-39-41-42-40-34)21-35(13-5-6-14-35)38-20-31(46)45-27(19-37)17-26-18-30(26)45/h9-12,15-16,26-27,30,38H,5-8,13-14,17-18,20-21H2,1-4H3,(H,39,40,41,42)/t26-,27?,30+/m1/s1. The van der Waals surface area contributed by atoms with Crippen LogP contribution in [-0.4, -0.2) is 105 Å². The van der Waals surface area contributed by atoms with Gasteiger partial charge in [0.05, 0.1) is 18.0 Å². The van der Waals surface area contributed by atoms with E-state index in [2.05, 4.69) is 32.0 Å². The molecular weight excluding hydrogens is 606 g/mol. The fourth-order valence-electron chi connectivity index (χ4n) is 8.74. The lowest BCUT2D eigenvalue weighted by atomic mass is 9.64. The molecule has 3 fully saturated rings. The first-order chi connectivity index (χ1) is 23.1. The molecule has 3 aromatic rings. The van der Waals surface area contributed by atoms with E-state index in [1.54, 1.807) is 38.0 Å². The summed E-state index contributed by atoms with van der Waals surface area (Å²) in [5.74, 6) is 0.785. The maximum atomic E-state index is 13.7. The topological polar surface area (TPSA) is 151 Å². The van der Waals surface area contributed by atoms with E-state index in [-0.39, 0.29) is 36.3 Å². The van der Waals surface area contributed by atoms with E-state index in [4.69, 9.17) is 0 Å². The maximum Gasteiger partial charge on any atom is 0.253 e. The predicted molar refractivity (Wildman–Crippen MR) is 177 cm³/mol. The lowest BCUT2D eigenvalue weighted by Crippen LogP contribution is -2.53. The van der Waals surface area contributed by atoms with Crippen LogP contribution in [0.1, 0.15) is 93.7 Å². The largest absolute Gasteiger partial charge is 0.345 e. The smallest absolute Gasteiger partial charge is 0.253 e. The number of piperidine rings is 1. The third kappa shape index (κ3) is 5.34. The molecule has 4 aliphatic rings. The molecule has 2 heterocycles. The quantitative estimate of drug-likeness (QED) is 0.378. The van der Waals surface area contributed by atoms with Crippen LogP contribution >= 0.6 is 0 Å². The molecule has 1 aromatic heterocycles. The number of hydrogen-bond acceptors (Lipinski definition) is 8. The Morgan fingerprint density at radius 2 is 1.56 bits per heavy atom. The zero-order chi connectivity index (χ0) is 33.8. The Morgan fingerprint density at radius 3 is 2.08 bits per heavy atom. The second-order valence-corrected chi connectivity index (χ2v) is 14.5. The van der Waals surface area contributed by atoms with Crippen LogP contribution in [0.3, 0.4) is 0 Å². The van der Waals surface area contributed by atoms with E-state index in [1.165, 1.54) is 0 Å². The Morgan fingerprint density at radius 1 is 0.958 bits per heavy atom. The molecule has 48 heavy (non-hydrogen) atoms. The van der Waals surface area contributed by atoms with Crippen LogP contribution < -0.4 is 5.32 Å². The number of aromatic amines is 1. The van der Waals surface area contributed by atoms with Gasteiger partial charge in [0, 0.05) is 50.9 Å². The van der Waals surface area contributed by atoms with Gasteiger partial charge in [-0.25, -0.2) is 0 Å². The zero-order valence-corrected chi connectivity index (χ0v) is 28.1. The van der Waals surface area contributed by atoms with Crippen LogP contribution in [0.25, 0.3) is 0 Å². The van der Waals surface area contributed by atoms with Crippen molar-refractivity contribution in [3.8, 4) is 6.07 Å². The van der Waals surface area contributed by atoms with Crippen molar-refractivity contribution >= 4 is 17.7 Å². The monoisotopic (exact) mass is 649 g/mol. The summed E-state index contributed by atoms with van der Waals surface area (Å²) in [6, 6.07) is 14.0. The molecule has 0 radical (unpaired) electrons. The lowest BCUT2D eigenvalue weighted by Gasteiger charge is -2.42. The second-order valence-electron chi connectivity index (χ2n) is 14.5. The minimum Gasteiger partial charge on any atom is -0.345 e. The first-order valence-electron chi connectivity index (χ1n) is 17.0. The van der Waals surface area contributed by atoms with Crippen molar-refractivity contribution in [3.05, 3.63) is 75.6 Å². The molecule has 3 amide bonds. The van der Waals surface area contributed by atoms with Crippen LogP contribution in [0.5, 0.6) is 0 Å². The number of benzene rings is 2. The summed E-state index contributed by atoms with van der Waals surface area (Å²) in [4.78, 5) is 45.0. The Bertz CT molecular complexity index is 1720. The number of H-pyrrole nitrogens is 1. The van der Waals surface area contributed by atoms with Gasteiger partial charge < -0.3 is 20.0 Å². The molecule has 12 nitrogen and oxygen atoms in total. The number of likely N-dealkylation sites (tertiary alicyclic amines) is 1. The van der Waals surface area contributed by atoms with Crippen LogP contribution in [0.2, 0.25) is 0 Å². The van der Waals surface area contributed by atoms with Crippen molar-refractivity contribution in [2.75, 3.05) is 34.7 Å². The average molecular weight is 650 g/mol. The maximum absolute atomic E-state index is 13.7. The minimum atomic E-state index is -0.904. The third-order valence-electron chi connectivity index (χ3n) is 11.1. The highest BCUT2D eigenvalue weighted by Gasteiger charge is 2.55. The third-order valence-corrected chi connectivity index (χ3v) is 11.1. The second kappa shape index (κ2) is 12.1. The van der Waals surface area contributed by atoms with Crippen molar-refractivity contribution in [1.29, 1.82) is 5.26 Å². The van der Waals surface area contributed by atoms with Gasteiger partial charge in [-0.3, -0.25) is 14.4 Å². The van der Waals surface area contributed by atoms with Crippen LogP contribution in [0.15, 0.2) is 36.4 Å². The van der Waals surface area contributed by atoms with Crippen LogP contribution in [-0.2, 0) is 23.1 Å². The van der Waals surface area contributed by atoms with Gasteiger partial charge >= 0.3 is 0 Å². The van der Waals surface area contributed by atoms with Crippen LogP contribution in [0.4, 0.5) is 0 Å². The molecule has 250 valence electrons. The SMILES string of the molecule is CN(C)C(=O)c1ccc2c(c1)CCc1cc(C(=O)N(C)C)ccc1C2(CC1(NCC(=O)N2C(C#N)C[C@@H]3C[C@@H]32)CCCC1)c1nn[nH]n1. The number of nitrogens with one attached hydrogen (secondary N) is 2. The van der Waals surface area contributed by atoms with Crippen molar-refractivity contribution in [2.24, 2.45) is 5.92 Å². The van der Waals surface area contributed by atoms with E-state index >= 15 is 0 Å². The highest BCUT2D eigenvalue weighted by molar-refractivity contribution is 5.95. The molecule has 2 N–H and O–H groups in total. The van der Waals surface area contributed by atoms with Crippen molar-refractivity contribution in [2.45, 2.75) is 80.8 Å². The fourth-order valence-corrected chi connectivity index (χ4v) is 8.74. The van der Waals surface area contributed by atoms with Gasteiger partial charge in [-0.15, -0.1) is 10.2 Å². The number of tetrazole rings is 1. The number of carbonyl (C=O) groups is 3. The average Bonchev–Trinajstić information content (AvgIpc) is 3.44. The van der Waals surface area contributed by atoms with Gasteiger partial charge in [-0.2, -0.15) is 10.5 Å². The summed E-state index contributed by atoms with van der Waals surface area (Å²) in [6.45, 7) is 0.149. The van der Waals surface area contributed by atoms with Crippen molar-refractivity contribution < 1.29 is 14.4 Å². The summed E-state index contributed by atoms with van der Waals surface area (Å²) in [7, 11) is 6.99. The number of amides is 3. The lowest BCUT2D eigenvalue weighted by molar-refractivity contribution is -0.131. The highest BCUT2D eigenvalue weighted by atomic mass is 16.2. The zero-order valence-electron chi connectivity index (χ0n) is 28.1. The molecular formula is C36H43N9O3. The van der Waals surface area contributed by atoms with Crippen molar-refractivity contribution in [3.63, 3.8) is 0 Å². The predicted octanol–water partition coefficient (Wildman–Crippen LogP) is 2.84. The van der Waals surface area contributed by atoms with E-state index in [9.17, 15) is 19.6 Å². The number of rotatable bonds is 8. The molecule has 0 bridgehead atoms. The number of hydrogen-bond donors (Lipinski definition) is 2. The summed E-state index contributed by atoms with van der Waals surface area (Å²) in [6.07, 6.45) is 7.32. The normalized spacial score (nSPS) is 22.9. The Kier molecular flexibility index (Phi) is 8.06. The summed E-state index contributed by atoms with van der Waals surface area (Å²) in [5, 5.41) is 29.6. The van der Waals surface area contributed by atoms with Gasteiger partial charge in [0.1, 0.15) is 6.04 Å². The van der Waals surface area contributed by atoms with Gasteiger partial charge in [-0.05, 0) is 97.4 Å². The molecule has 1 aliphatic heterocycles. The van der Waals surface area contributed by atoms with E-state index in [0.717, 1.165) is 60.8 Å². The highest BCUT2D eigenvalue weighted by Crippen LogP contribution is 2.52. The van der Waals surface area contributed by atoms with Crippen molar-refractivity contribution in [1.82, 2.24) is 40.6 Å². The van der Waals surface area contributed by atoms with Gasteiger partial charge in [0.25, 0.3) is 11.8 Å².